The molecule has 2 rings (SSSR count). The van der Waals surface area contributed by atoms with Gasteiger partial charge in [0.15, 0.2) is 0 Å². The van der Waals surface area contributed by atoms with Crippen molar-refractivity contribution < 1.29 is 4.79 Å². The molecule has 3 heteroatoms. The molecule has 2 unspecified atom stereocenters. The average molecular weight is 246 g/mol. The Kier molecular flexibility index (Phi) is 3.90. The van der Waals surface area contributed by atoms with Crippen LogP contribution >= 0.6 is 0 Å². The van der Waals surface area contributed by atoms with Gasteiger partial charge in [-0.25, -0.2) is 0 Å². The normalized spacial score (nSPS) is 23.7. The first-order valence-electron chi connectivity index (χ1n) is 6.73. The number of aryl methyl sites for hydroxylation is 1. The van der Waals surface area contributed by atoms with E-state index in [9.17, 15) is 4.79 Å². The number of nitrogens with one attached hydrogen (secondary N) is 1. The Morgan fingerprint density at radius 2 is 2.17 bits per heavy atom. The van der Waals surface area contributed by atoms with Gasteiger partial charge in [-0.05, 0) is 43.4 Å². The number of nitrogens with two attached hydrogens (primary N) is 1. The van der Waals surface area contributed by atoms with Crippen LogP contribution in [0.15, 0.2) is 18.2 Å². The van der Waals surface area contributed by atoms with E-state index in [2.05, 4.69) is 12.2 Å². The van der Waals surface area contributed by atoms with Gasteiger partial charge in [0.2, 0.25) is 0 Å². The van der Waals surface area contributed by atoms with Crippen molar-refractivity contribution in [2.75, 3.05) is 5.73 Å². The van der Waals surface area contributed by atoms with Crippen molar-refractivity contribution >= 4 is 11.6 Å². The van der Waals surface area contributed by atoms with E-state index in [0.717, 1.165) is 18.4 Å². The maximum absolute atomic E-state index is 12.1. The van der Waals surface area contributed by atoms with Crippen LogP contribution in [0.4, 0.5) is 5.69 Å². The van der Waals surface area contributed by atoms with Gasteiger partial charge in [-0.15, -0.1) is 0 Å². The summed E-state index contributed by atoms with van der Waals surface area (Å²) in [5.74, 6) is 0.716. The van der Waals surface area contributed by atoms with E-state index >= 15 is 0 Å². The molecule has 0 bridgehead atoms. The Balaban J connectivity index is 2.00. The molecule has 0 saturated heterocycles. The van der Waals surface area contributed by atoms with Crippen LogP contribution in [0.25, 0.3) is 0 Å². The molecule has 98 valence electrons. The van der Waals surface area contributed by atoms with Crippen LogP contribution in [0.1, 0.15) is 48.5 Å². The zero-order chi connectivity index (χ0) is 13.1. The van der Waals surface area contributed by atoms with Gasteiger partial charge >= 0.3 is 0 Å². The molecule has 1 aliphatic carbocycles. The van der Waals surface area contributed by atoms with Gasteiger partial charge in [0.25, 0.3) is 5.91 Å². The Labute approximate surface area is 109 Å². The Morgan fingerprint density at radius 1 is 1.39 bits per heavy atom. The van der Waals surface area contributed by atoms with Crippen molar-refractivity contribution in [1.82, 2.24) is 5.32 Å². The van der Waals surface area contributed by atoms with Gasteiger partial charge in [0.05, 0.1) is 0 Å². The molecule has 2 atom stereocenters. The third-order valence-electron chi connectivity index (χ3n) is 3.81. The average Bonchev–Trinajstić information content (AvgIpc) is 2.32. The molecule has 0 radical (unpaired) electrons. The maximum atomic E-state index is 12.1. The Hall–Kier alpha value is -1.51. The highest BCUT2D eigenvalue weighted by Crippen LogP contribution is 2.24. The SMILES string of the molecule is Cc1ccc(C(=O)NC2CCCC(C)C2)cc1N. The van der Waals surface area contributed by atoms with Crippen molar-refractivity contribution in [2.45, 2.75) is 45.6 Å². The van der Waals surface area contributed by atoms with E-state index in [1.54, 1.807) is 6.07 Å². The van der Waals surface area contributed by atoms with Crippen molar-refractivity contribution in [1.29, 1.82) is 0 Å². The third kappa shape index (κ3) is 3.03. The molecule has 0 aliphatic heterocycles. The molecule has 18 heavy (non-hydrogen) atoms. The fraction of sp³-hybridized carbons (Fsp3) is 0.533. The molecule has 1 fully saturated rings. The van der Waals surface area contributed by atoms with Crippen LogP contribution in [-0.4, -0.2) is 11.9 Å². The van der Waals surface area contributed by atoms with Gasteiger partial charge in [-0.2, -0.15) is 0 Å². The first-order chi connectivity index (χ1) is 8.56. The lowest BCUT2D eigenvalue weighted by Crippen LogP contribution is -2.38. The summed E-state index contributed by atoms with van der Waals surface area (Å²) in [5.41, 5.74) is 8.19. The molecular formula is C15H22N2O. The molecule has 1 aromatic rings. The van der Waals surface area contributed by atoms with E-state index in [0.29, 0.717) is 23.2 Å². The molecule has 1 saturated carbocycles. The van der Waals surface area contributed by atoms with E-state index < -0.39 is 0 Å². The number of hydrogen-bond acceptors (Lipinski definition) is 2. The quantitative estimate of drug-likeness (QED) is 0.788. The highest BCUT2D eigenvalue weighted by molar-refractivity contribution is 5.95. The summed E-state index contributed by atoms with van der Waals surface area (Å²) < 4.78 is 0. The fourth-order valence-corrected chi connectivity index (χ4v) is 2.62. The summed E-state index contributed by atoms with van der Waals surface area (Å²) >= 11 is 0. The van der Waals surface area contributed by atoms with E-state index in [-0.39, 0.29) is 5.91 Å². The zero-order valence-corrected chi connectivity index (χ0v) is 11.2. The number of carbonyl (C=O) groups excluding carboxylic acids is 1. The summed E-state index contributed by atoms with van der Waals surface area (Å²) in [5, 5.41) is 3.12. The smallest absolute Gasteiger partial charge is 0.251 e. The highest BCUT2D eigenvalue weighted by Gasteiger charge is 2.20. The van der Waals surface area contributed by atoms with Crippen molar-refractivity contribution in [3.05, 3.63) is 29.3 Å². The Bertz CT molecular complexity index is 442. The monoisotopic (exact) mass is 246 g/mol. The second kappa shape index (κ2) is 5.42. The molecule has 1 aromatic carbocycles. The number of nitrogen functional groups attached to an aromatic ring is 1. The predicted octanol–water partition coefficient (Wildman–Crippen LogP) is 2.89. The van der Waals surface area contributed by atoms with E-state index in [1.807, 2.05) is 19.1 Å². The van der Waals surface area contributed by atoms with Gasteiger partial charge in [-0.1, -0.05) is 25.8 Å². The summed E-state index contributed by atoms with van der Waals surface area (Å²) in [4.78, 5) is 12.1. The van der Waals surface area contributed by atoms with Crippen LogP contribution in [0.2, 0.25) is 0 Å². The maximum Gasteiger partial charge on any atom is 0.251 e. The predicted molar refractivity (Wildman–Crippen MR) is 74.5 cm³/mol. The van der Waals surface area contributed by atoms with Crippen molar-refractivity contribution in [3.8, 4) is 0 Å². The van der Waals surface area contributed by atoms with Crippen LogP contribution in [0.3, 0.4) is 0 Å². The summed E-state index contributed by atoms with van der Waals surface area (Å²) in [6, 6.07) is 5.82. The minimum Gasteiger partial charge on any atom is -0.398 e. The molecule has 3 N–H and O–H groups in total. The van der Waals surface area contributed by atoms with Crippen LogP contribution < -0.4 is 11.1 Å². The second-order valence-electron chi connectivity index (χ2n) is 5.51. The number of benzene rings is 1. The van der Waals surface area contributed by atoms with Gasteiger partial charge < -0.3 is 11.1 Å². The van der Waals surface area contributed by atoms with Gasteiger partial charge in [0.1, 0.15) is 0 Å². The molecule has 0 heterocycles. The number of hydrogen-bond donors (Lipinski definition) is 2. The standard InChI is InChI=1S/C15H22N2O/c1-10-4-3-5-13(8-10)17-15(18)12-7-6-11(2)14(16)9-12/h6-7,9-10,13H,3-5,8,16H2,1-2H3,(H,17,18). The molecule has 0 spiro atoms. The van der Waals surface area contributed by atoms with Crippen LogP contribution in [0, 0.1) is 12.8 Å². The first-order valence-corrected chi connectivity index (χ1v) is 6.73. The molecule has 1 amide bonds. The third-order valence-corrected chi connectivity index (χ3v) is 3.81. The number of anilines is 1. The van der Waals surface area contributed by atoms with E-state index in [1.165, 1.54) is 12.8 Å². The van der Waals surface area contributed by atoms with Crippen LogP contribution in [0.5, 0.6) is 0 Å². The summed E-state index contributed by atoms with van der Waals surface area (Å²) in [7, 11) is 0. The number of carbonyl (C=O) groups is 1. The minimum absolute atomic E-state index is 0.000741. The van der Waals surface area contributed by atoms with Gasteiger partial charge in [0, 0.05) is 17.3 Å². The molecule has 0 aromatic heterocycles. The second-order valence-corrected chi connectivity index (χ2v) is 5.51. The number of rotatable bonds is 2. The minimum atomic E-state index is 0.000741. The van der Waals surface area contributed by atoms with Crippen molar-refractivity contribution in [2.24, 2.45) is 5.92 Å². The topological polar surface area (TPSA) is 55.1 Å². The molecule has 3 nitrogen and oxygen atoms in total. The lowest BCUT2D eigenvalue weighted by Gasteiger charge is -2.27. The van der Waals surface area contributed by atoms with Gasteiger partial charge in [-0.3, -0.25) is 4.79 Å². The summed E-state index contributed by atoms with van der Waals surface area (Å²) in [6.45, 7) is 4.20. The molecule has 1 aliphatic rings. The lowest BCUT2D eigenvalue weighted by atomic mass is 9.87. The fourth-order valence-electron chi connectivity index (χ4n) is 2.62. The lowest BCUT2D eigenvalue weighted by molar-refractivity contribution is 0.0921. The largest absolute Gasteiger partial charge is 0.398 e. The van der Waals surface area contributed by atoms with Crippen molar-refractivity contribution in [3.63, 3.8) is 0 Å². The zero-order valence-electron chi connectivity index (χ0n) is 11.2. The molecular weight excluding hydrogens is 224 g/mol. The highest BCUT2D eigenvalue weighted by atomic mass is 16.1. The van der Waals surface area contributed by atoms with E-state index in [4.69, 9.17) is 5.73 Å². The Morgan fingerprint density at radius 3 is 2.83 bits per heavy atom. The van der Waals surface area contributed by atoms with Crippen LogP contribution in [-0.2, 0) is 0 Å². The summed E-state index contributed by atoms with van der Waals surface area (Å²) in [6.07, 6.45) is 4.68. The first kappa shape index (κ1) is 12.9. The number of amides is 1.